The van der Waals surface area contributed by atoms with E-state index in [1.54, 1.807) is 11.9 Å². The van der Waals surface area contributed by atoms with Crippen LogP contribution in [-0.4, -0.2) is 84.5 Å². The average molecular weight is 615 g/mol. The fourth-order valence-electron chi connectivity index (χ4n) is 4.08. The standard InChI is InChI=1S/C26H32BrN7OS.C3H8/c1-6-15-36-18(2)32(5)22(35)17-33-11-13-34(14-12-33)24-21(27)16-28-26-23(24)29-25(30-26)19-7-9-20(10-8-19)31(3)4;1-3-2/h6-10,15-16H,2,11-14,17H2,1,3-5H3,(H,28,29,30);3H2,1-2H3/b15-6-;. The first kappa shape index (κ1) is 30.7. The molecule has 8 nitrogen and oxygen atoms in total. The minimum Gasteiger partial charge on any atom is -0.378 e. The van der Waals surface area contributed by atoms with Crippen molar-refractivity contribution in [3.8, 4) is 11.4 Å². The molecule has 0 atom stereocenters. The first-order valence-corrected chi connectivity index (χ1v) is 14.9. The number of hydrogen-bond donors (Lipinski definition) is 1. The summed E-state index contributed by atoms with van der Waals surface area (Å²) in [6, 6.07) is 8.30. The lowest BCUT2D eigenvalue weighted by molar-refractivity contribution is -0.129. The van der Waals surface area contributed by atoms with Gasteiger partial charge >= 0.3 is 0 Å². The lowest BCUT2D eigenvalue weighted by Crippen LogP contribution is -2.49. The van der Waals surface area contributed by atoms with Crippen LogP contribution in [0.4, 0.5) is 11.4 Å². The number of allylic oxidation sites excluding steroid dienone is 1. The molecule has 210 valence electrons. The largest absolute Gasteiger partial charge is 0.378 e. The van der Waals surface area contributed by atoms with Crippen molar-refractivity contribution in [1.29, 1.82) is 0 Å². The fourth-order valence-corrected chi connectivity index (χ4v) is 5.18. The van der Waals surface area contributed by atoms with Gasteiger partial charge in [-0.15, -0.1) is 0 Å². The van der Waals surface area contributed by atoms with Gasteiger partial charge in [0.05, 0.1) is 21.7 Å². The highest BCUT2D eigenvalue weighted by Gasteiger charge is 2.25. The van der Waals surface area contributed by atoms with Crippen molar-refractivity contribution in [2.24, 2.45) is 0 Å². The lowest BCUT2D eigenvalue weighted by atomic mass is 10.2. The number of piperazine rings is 1. The van der Waals surface area contributed by atoms with E-state index in [9.17, 15) is 4.79 Å². The second-order valence-electron chi connectivity index (χ2n) is 9.58. The van der Waals surface area contributed by atoms with E-state index in [4.69, 9.17) is 4.98 Å². The van der Waals surface area contributed by atoms with Crippen LogP contribution in [0.2, 0.25) is 0 Å². The van der Waals surface area contributed by atoms with Gasteiger partial charge in [-0.05, 0) is 52.5 Å². The number of imidazole rings is 1. The molecule has 1 aromatic carbocycles. The Balaban J connectivity index is 0.00000134. The molecule has 1 fully saturated rings. The Labute approximate surface area is 245 Å². The molecular formula is C29H40BrN7OS. The molecular weight excluding hydrogens is 574 g/mol. The highest BCUT2D eigenvalue weighted by molar-refractivity contribution is 9.10. The van der Waals surface area contributed by atoms with Gasteiger partial charge in [-0.1, -0.05) is 44.7 Å². The third kappa shape index (κ3) is 7.86. The van der Waals surface area contributed by atoms with Crippen molar-refractivity contribution in [2.45, 2.75) is 27.2 Å². The van der Waals surface area contributed by atoms with Gasteiger partial charge in [0, 0.05) is 64.8 Å². The molecule has 1 aliphatic heterocycles. The molecule has 1 amide bonds. The number of nitrogens with zero attached hydrogens (tertiary/aromatic N) is 6. The van der Waals surface area contributed by atoms with Crippen LogP contribution >= 0.6 is 27.7 Å². The van der Waals surface area contributed by atoms with E-state index in [2.05, 4.69) is 85.3 Å². The van der Waals surface area contributed by atoms with E-state index in [-0.39, 0.29) is 5.91 Å². The number of amides is 1. The number of carbonyl (C=O) groups excluding carboxylic acids is 1. The number of aromatic amines is 1. The summed E-state index contributed by atoms with van der Waals surface area (Å²) >= 11 is 5.16. The number of rotatable bonds is 8. The number of thioether (sulfide) groups is 1. The lowest BCUT2D eigenvalue weighted by Gasteiger charge is -2.36. The Kier molecular flexibility index (Phi) is 11.4. The summed E-state index contributed by atoms with van der Waals surface area (Å²) in [7, 11) is 5.84. The maximum atomic E-state index is 12.7. The van der Waals surface area contributed by atoms with Gasteiger partial charge in [0.2, 0.25) is 5.91 Å². The number of H-pyrrole nitrogens is 1. The molecule has 0 saturated carbocycles. The van der Waals surface area contributed by atoms with Gasteiger partial charge in [-0.25, -0.2) is 9.97 Å². The van der Waals surface area contributed by atoms with E-state index >= 15 is 0 Å². The summed E-state index contributed by atoms with van der Waals surface area (Å²) in [5.74, 6) is 0.849. The zero-order valence-corrected chi connectivity index (χ0v) is 26.3. The molecule has 10 heteroatoms. The second kappa shape index (κ2) is 14.5. The smallest absolute Gasteiger partial charge is 0.241 e. The van der Waals surface area contributed by atoms with Crippen molar-refractivity contribution in [1.82, 2.24) is 24.8 Å². The molecule has 0 radical (unpaired) electrons. The highest BCUT2D eigenvalue weighted by atomic mass is 79.9. The third-order valence-electron chi connectivity index (χ3n) is 6.24. The Morgan fingerprint density at radius 2 is 1.79 bits per heavy atom. The van der Waals surface area contributed by atoms with Gasteiger partial charge in [0.1, 0.15) is 11.3 Å². The third-order valence-corrected chi connectivity index (χ3v) is 7.78. The fraction of sp³-hybridized carbons (Fsp3) is 0.414. The molecule has 0 aliphatic carbocycles. The van der Waals surface area contributed by atoms with E-state index < -0.39 is 0 Å². The number of nitrogens with one attached hydrogen (secondary N) is 1. The van der Waals surface area contributed by atoms with Crippen LogP contribution in [0, 0.1) is 0 Å². The zero-order chi connectivity index (χ0) is 28.5. The molecule has 3 aromatic rings. The van der Waals surface area contributed by atoms with Gasteiger partial charge in [-0.2, -0.15) is 0 Å². The first-order chi connectivity index (χ1) is 18.7. The summed E-state index contributed by atoms with van der Waals surface area (Å²) in [6.45, 7) is 13.8. The highest BCUT2D eigenvalue weighted by Crippen LogP contribution is 2.34. The number of carbonyl (C=O) groups is 1. The normalized spacial score (nSPS) is 13.9. The SMILES string of the molecule is C=C(S/C=C\C)N(C)C(=O)CN1CCN(c2c(Br)cnc3nc(-c4ccc(N(C)C)cc4)[nH]c23)CC1.CCC. The van der Waals surface area contributed by atoms with Crippen molar-refractivity contribution in [3.05, 3.63) is 58.0 Å². The number of hydrogen-bond acceptors (Lipinski definition) is 7. The van der Waals surface area contributed by atoms with Crippen LogP contribution in [-0.2, 0) is 4.79 Å². The molecule has 0 spiro atoms. The summed E-state index contributed by atoms with van der Waals surface area (Å²) in [5.41, 5.74) is 4.82. The van der Waals surface area contributed by atoms with E-state index in [0.717, 1.165) is 64.0 Å². The average Bonchev–Trinajstić information content (AvgIpc) is 3.36. The number of halogens is 1. The van der Waals surface area contributed by atoms with Gasteiger partial charge in [0.15, 0.2) is 5.65 Å². The number of fused-ring (bicyclic) bond motifs is 1. The quantitative estimate of drug-likeness (QED) is 0.325. The van der Waals surface area contributed by atoms with Gasteiger partial charge < -0.3 is 19.7 Å². The molecule has 1 saturated heterocycles. The number of anilines is 2. The monoisotopic (exact) mass is 613 g/mol. The molecule has 39 heavy (non-hydrogen) atoms. The molecule has 0 bridgehead atoms. The van der Waals surface area contributed by atoms with Crippen LogP contribution in [0.1, 0.15) is 27.2 Å². The van der Waals surface area contributed by atoms with Crippen LogP contribution in [0.5, 0.6) is 0 Å². The number of likely N-dealkylation sites (N-methyl/N-ethyl adjacent to an activating group) is 1. The van der Waals surface area contributed by atoms with Crippen LogP contribution < -0.4 is 9.80 Å². The molecule has 2 aromatic heterocycles. The Bertz CT molecular complexity index is 1280. The Morgan fingerprint density at radius 1 is 1.15 bits per heavy atom. The number of benzene rings is 1. The number of aromatic nitrogens is 3. The molecule has 1 N–H and O–H groups in total. The minimum absolute atomic E-state index is 0.0523. The molecule has 0 unspecified atom stereocenters. The summed E-state index contributed by atoms with van der Waals surface area (Å²) in [6.07, 6.45) is 5.00. The van der Waals surface area contributed by atoms with Crippen molar-refractivity contribution in [3.63, 3.8) is 0 Å². The predicted octanol–water partition coefficient (Wildman–Crippen LogP) is 6.19. The minimum atomic E-state index is 0.0523. The van der Waals surface area contributed by atoms with Crippen LogP contribution in [0.3, 0.4) is 0 Å². The zero-order valence-electron chi connectivity index (χ0n) is 23.9. The van der Waals surface area contributed by atoms with Gasteiger partial charge in [-0.3, -0.25) is 9.69 Å². The summed E-state index contributed by atoms with van der Waals surface area (Å²) in [5, 5.41) is 2.66. The molecule has 4 rings (SSSR count). The summed E-state index contributed by atoms with van der Waals surface area (Å²) in [4.78, 5) is 33.8. The van der Waals surface area contributed by atoms with Crippen LogP contribution in [0.15, 0.2) is 58.0 Å². The van der Waals surface area contributed by atoms with E-state index in [0.29, 0.717) is 12.2 Å². The number of pyridine rings is 1. The van der Waals surface area contributed by atoms with Gasteiger partial charge in [0.25, 0.3) is 0 Å². The molecule has 1 aliphatic rings. The Hall–Kier alpha value is -2.82. The predicted molar refractivity (Wildman–Crippen MR) is 170 cm³/mol. The summed E-state index contributed by atoms with van der Waals surface area (Å²) < 4.78 is 0.926. The second-order valence-corrected chi connectivity index (χ2v) is 11.4. The van der Waals surface area contributed by atoms with Crippen molar-refractivity contribution < 1.29 is 4.79 Å². The molecule has 3 heterocycles. The van der Waals surface area contributed by atoms with E-state index in [1.807, 2.05) is 38.7 Å². The maximum absolute atomic E-state index is 12.7. The van der Waals surface area contributed by atoms with E-state index in [1.165, 1.54) is 18.2 Å². The topological polar surface area (TPSA) is 71.6 Å². The van der Waals surface area contributed by atoms with Crippen molar-refractivity contribution in [2.75, 3.05) is 63.7 Å². The maximum Gasteiger partial charge on any atom is 0.241 e. The Morgan fingerprint density at radius 3 is 2.38 bits per heavy atom. The van der Waals surface area contributed by atoms with Crippen molar-refractivity contribution >= 4 is 56.1 Å². The first-order valence-electron chi connectivity index (χ1n) is 13.2. The van der Waals surface area contributed by atoms with Crippen LogP contribution in [0.25, 0.3) is 22.6 Å².